The first kappa shape index (κ1) is 27.4. The second kappa shape index (κ2) is 11.5. The molecule has 2 heterocycles. The van der Waals surface area contributed by atoms with Crippen molar-refractivity contribution in [2.45, 2.75) is 0 Å². The van der Waals surface area contributed by atoms with E-state index in [9.17, 15) is 0 Å². The molecule has 0 fully saturated rings. The maximum Gasteiger partial charge on any atom is 0.0728 e. The third-order valence-electron chi connectivity index (χ3n) is 9.00. The highest BCUT2D eigenvalue weighted by molar-refractivity contribution is 7.27. The van der Waals surface area contributed by atoms with E-state index in [2.05, 4.69) is 191 Å². The molecule has 0 saturated heterocycles. The monoisotopic (exact) mass is 618 g/mol. The van der Waals surface area contributed by atoms with Gasteiger partial charge in [-0.1, -0.05) is 140 Å². The van der Waals surface area contributed by atoms with Gasteiger partial charge >= 0.3 is 0 Å². The Hall–Kier alpha value is -5.90. The van der Waals surface area contributed by atoms with Gasteiger partial charge in [0.1, 0.15) is 0 Å². The van der Waals surface area contributed by atoms with Gasteiger partial charge in [0, 0.05) is 27.7 Å². The summed E-state index contributed by atoms with van der Waals surface area (Å²) < 4.78 is 5.01. The maximum atomic E-state index is 2.45. The van der Waals surface area contributed by atoms with Crippen molar-refractivity contribution < 1.29 is 0 Å². The molecule has 9 rings (SSSR count). The van der Waals surface area contributed by atoms with Crippen LogP contribution >= 0.6 is 11.3 Å². The fraction of sp³-hybridized carbons (Fsp3) is 0. The Kier molecular flexibility index (Phi) is 6.69. The van der Waals surface area contributed by atoms with Gasteiger partial charge in [0.25, 0.3) is 0 Å². The molecule has 47 heavy (non-hydrogen) atoms. The lowest BCUT2D eigenvalue weighted by molar-refractivity contribution is 1.19. The van der Waals surface area contributed by atoms with Crippen LogP contribution in [-0.4, -0.2) is 4.57 Å². The number of benzene rings is 7. The van der Waals surface area contributed by atoms with E-state index in [4.69, 9.17) is 0 Å². The van der Waals surface area contributed by atoms with Crippen LogP contribution in [0.1, 0.15) is 0 Å². The van der Waals surface area contributed by atoms with Gasteiger partial charge in [0.2, 0.25) is 0 Å². The molecule has 2 nitrogen and oxygen atoms in total. The lowest BCUT2D eigenvalue weighted by atomic mass is 10.0. The van der Waals surface area contributed by atoms with Gasteiger partial charge < -0.3 is 9.47 Å². The van der Waals surface area contributed by atoms with Crippen molar-refractivity contribution in [3.05, 3.63) is 182 Å². The van der Waals surface area contributed by atoms with Crippen molar-refractivity contribution in [3.63, 3.8) is 0 Å². The third kappa shape index (κ3) is 4.63. The Morgan fingerprint density at radius 2 is 0.979 bits per heavy atom. The van der Waals surface area contributed by atoms with Crippen LogP contribution in [0.5, 0.6) is 0 Å². The van der Waals surface area contributed by atoms with Gasteiger partial charge in [-0.15, -0.1) is 11.3 Å². The largest absolute Gasteiger partial charge is 0.308 e. The predicted molar refractivity (Wildman–Crippen MR) is 202 cm³/mol. The highest BCUT2D eigenvalue weighted by Gasteiger charge is 2.23. The second-order valence-electron chi connectivity index (χ2n) is 11.8. The van der Waals surface area contributed by atoms with Crippen LogP contribution in [0, 0.1) is 0 Å². The molecule has 0 spiro atoms. The number of aromatic nitrogens is 1. The molecule has 0 amide bonds. The highest BCUT2D eigenvalue weighted by atomic mass is 32.1. The molecule has 0 saturated carbocycles. The normalized spacial score (nSPS) is 11.4. The molecule has 0 N–H and O–H groups in total. The van der Waals surface area contributed by atoms with Crippen molar-refractivity contribution in [2.24, 2.45) is 0 Å². The summed E-state index contributed by atoms with van der Waals surface area (Å²) in [5, 5.41) is 2.53. The molecular formula is C44H30N2S. The Labute approximate surface area is 278 Å². The molecule has 0 aliphatic carbocycles. The zero-order chi connectivity index (χ0) is 31.2. The van der Waals surface area contributed by atoms with E-state index >= 15 is 0 Å². The summed E-state index contributed by atoms with van der Waals surface area (Å²) in [6.45, 7) is 0. The van der Waals surface area contributed by atoms with E-state index in [0.717, 1.165) is 11.4 Å². The molecule has 0 radical (unpaired) electrons. The topological polar surface area (TPSA) is 8.17 Å². The highest BCUT2D eigenvalue weighted by Crippen LogP contribution is 2.49. The summed E-state index contributed by atoms with van der Waals surface area (Å²) in [5.74, 6) is 0. The molecule has 0 aliphatic rings. The average Bonchev–Trinajstić information content (AvgIpc) is 3.69. The van der Waals surface area contributed by atoms with Crippen LogP contribution in [0.3, 0.4) is 0 Å². The van der Waals surface area contributed by atoms with Crippen LogP contribution < -0.4 is 4.90 Å². The van der Waals surface area contributed by atoms with Crippen LogP contribution in [0.4, 0.5) is 17.1 Å². The van der Waals surface area contributed by atoms with Crippen molar-refractivity contribution in [1.29, 1.82) is 0 Å². The minimum Gasteiger partial charge on any atom is -0.308 e. The van der Waals surface area contributed by atoms with Crippen molar-refractivity contribution in [3.8, 4) is 27.9 Å². The van der Waals surface area contributed by atoms with E-state index in [1.807, 2.05) is 11.3 Å². The number of fused-ring (bicyclic) bond motifs is 5. The van der Waals surface area contributed by atoms with E-state index in [0.29, 0.717) is 0 Å². The Bertz CT molecular complexity index is 2490. The Morgan fingerprint density at radius 1 is 0.404 bits per heavy atom. The Morgan fingerprint density at radius 3 is 1.74 bits per heavy atom. The summed E-state index contributed by atoms with van der Waals surface area (Å²) in [6, 6.07) is 65.4. The Balaban J connectivity index is 1.32. The minimum atomic E-state index is 1.12. The fourth-order valence-electron chi connectivity index (χ4n) is 6.87. The van der Waals surface area contributed by atoms with Gasteiger partial charge in [-0.05, 0) is 59.2 Å². The SMILES string of the molecule is c1ccc(-c2ccc(N(c3ccccc3-c3ccccc3)c3cccc4c3sc3c5ccccc5n(-c5ccccc5)c43)cc2)cc1. The first-order chi connectivity index (χ1) is 23.3. The van der Waals surface area contributed by atoms with Crippen LogP contribution in [0.2, 0.25) is 0 Å². The number of hydrogen-bond donors (Lipinski definition) is 0. The lowest BCUT2D eigenvalue weighted by Gasteiger charge is -2.28. The van der Waals surface area contributed by atoms with Gasteiger partial charge in [0.05, 0.1) is 31.8 Å². The number of rotatable bonds is 6. The zero-order valence-corrected chi connectivity index (χ0v) is 26.4. The zero-order valence-electron chi connectivity index (χ0n) is 25.6. The molecule has 0 atom stereocenters. The van der Waals surface area contributed by atoms with E-state index in [-0.39, 0.29) is 0 Å². The first-order valence-electron chi connectivity index (χ1n) is 16.0. The molecular weight excluding hydrogens is 589 g/mol. The number of anilines is 3. The van der Waals surface area contributed by atoms with Crippen molar-refractivity contribution in [2.75, 3.05) is 4.90 Å². The van der Waals surface area contributed by atoms with Gasteiger partial charge in [-0.2, -0.15) is 0 Å². The summed E-state index contributed by atoms with van der Waals surface area (Å²) >= 11 is 1.89. The smallest absolute Gasteiger partial charge is 0.0728 e. The molecule has 222 valence electrons. The van der Waals surface area contributed by atoms with Gasteiger partial charge in [-0.3, -0.25) is 0 Å². The van der Waals surface area contributed by atoms with Gasteiger partial charge in [-0.25, -0.2) is 0 Å². The number of hydrogen-bond acceptors (Lipinski definition) is 2. The van der Waals surface area contributed by atoms with E-state index in [1.54, 1.807) is 0 Å². The second-order valence-corrected chi connectivity index (χ2v) is 12.8. The van der Waals surface area contributed by atoms with Crippen LogP contribution in [-0.2, 0) is 0 Å². The molecule has 0 unspecified atom stereocenters. The predicted octanol–water partition coefficient (Wildman–Crippen LogP) is 12.8. The standard InChI is InChI=1S/C44H30N2S/c1-4-15-31(16-5-1)32-27-29-35(30-28-32)45(39-24-12-10-21-36(39)33-17-6-2-7-18-33)41-26-14-23-38-42-44(47-43(38)41)37-22-11-13-25-40(37)46(42)34-19-8-3-9-20-34/h1-30H. The van der Waals surface area contributed by atoms with Crippen molar-refractivity contribution in [1.82, 2.24) is 4.57 Å². The van der Waals surface area contributed by atoms with Crippen LogP contribution in [0.15, 0.2) is 182 Å². The van der Waals surface area contributed by atoms with Crippen molar-refractivity contribution >= 4 is 59.6 Å². The third-order valence-corrected chi connectivity index (χ3v) is 10.2. The summed E-state index contributed by atoms with van der Waals surface area (Å²) in [6.07, 6.45) is 0. The van der Waals surface area contributed by atoms with E-state index in [1.165, 1.54) is 64.8 Å². The van der Waals surface area contributed by atoms with E-state index < -0.39 is 0 Å². The lowest BCUT2D eigenvalue weighted by Crippen LogP contribution is -2.11. The fourth-order valence-corrected chi connectivity index (χ4v) is 8.19. The number of thiophene rings is 1. The van der Waals surface area contributed by atoms with Crippen LogP contribution in [0.25, 0.3) is 59.1 Å². The summed E-state index contributed by atoms with van der Waals surface area (Å²) in [7, 11) is 0. The molecule has 0 aliphatic heterocycles. The first-order valence-corrected chi connectivity index (χ1v) is 16.8. The number of nitrogens with zero attached hydrogens (tertiary/aromatic N) is 2. The molecule has 2 aromatic heterocycles. The molecule has 9 aromatic rings. The molecule has 7 aromatic carbocycles. The molecule has 0 bridgehead atoms. The number of para-hydroxylation sites is 3. The summed E-state index contributed by atoms with van der Waals surface area (Å²) in [5.41, 5.74) is 11.9. The average molecular weight is 619 g/mol. The minimum absolute atomic E-state index is 1.12. The quantitative estimate of drug-likeness (QED) is 0.180. The van der Waals surface area contributed by atoms with Gasteiger partial charge in [0.15, 0.2) is 0 Å². The molecule has 3 heteroatoms. The summed E-state index contributed by atoms with van der Waals surface area (Å²) in [4.78, 5) is 2.45. The maximum absolute atomic E-state index is 2.45.